The van der Waals surface area contributed by atoms with Crippen molar-refractivity contribution in [2.75, 3.05) is 37.6 Å². The Morgan fingerprint density at radius 3 is 2.15 bits per heavy atom. The van der Waals surface area contributed by atoms with Crippen molar-refractivity contribution in [2.24, 2.45) is 0 Å². The van der Waals surface area contributed by atoms with E-state index in [0.29, 0.717) is 62.1 Å². The Bertz CT molecular complexity index is 1580. The van der Waals surface area contributed by atoms with Gasteiger partial charge in [-0.1, -0.05) is 0 Å². The molecule has 0 aromatic heterocycles. The molecule has 0 radical (unpaired) electrons. The maximum Gasteiger partial charge on any atom is 0.417 e. The predicted octanol–water partition coefficient (Wildman–Crippen LogP) is 3.82. The van der Waals surface area contributed by atoms with E-state index in [4.69, 9.17) is 10.5 Å². The molecule has 0 spiro atoms. The van der Waals surface area contributed by atoms with E-state index in [0.717, 1.165) is 12.1 Å². The van der Waals surface area contributed by atoms with Crippen molar-refractivity contribution >= 4 is 27.5 Å². The normalized spacial score (nSPS) is 17.2. The highest BCUT2D eigenvalue weighted by Crippen LogP contribution is 2.37. The Labute approximate surface area is 235 Å². The van der Waals surface area contributed by atoms with Crippen molar-refractivity contribution in [3.63, 3.8) is 0 Å². The van der Waals surface area contributed by atoms with Crippen LogP contribution >= 0.6 is 0 Å². The third-order valence-corrected chi connectivity index (χ3v) is 9.14. The lowest BCUT2D eigenvalue weighted by Crippen LogP contribution is -2.48. The van der Waals surface area contributed by atoms with Gasteiger partial charge in [0.05, 0.1) is 39.4 Å². The topological polar surface area (TPSA) is 126 Å². The van der Waals surface area contributed by atoms with E-state index < -0.39 is 39.1 Å². The number of anilines is 1. The zero-order chi connectivity index (χ0) is 29.9. The Morgan fingerprint density at radius 1 is 0.902 bits per heavy atom. The zero-order valence-corrected chi connectivity index (χ0v) is 22.9. The average Bonchev–Trinajstić information content (AvgIpc) is 3.17. The van der Waals surface area contributed by atoms with Crippen LogP contribution in [0.4, 0.5) is 18.9 Å². The minimum Gasteiger partial charge on any atom is -0.301 e. The summed E-state index contributed by atoms with van der Waals surface area (Å²) in [6.45, 7) is 3.76. The van der Waals surface area contributed by atoms with Gasteiger partial charge in [0, 0.05) is 37.3 Å². The molecule has 2 amide bonds. The fraction of sp³-hybridized carbons (Fsp3) is 0.357. The van der Waals surface area contributed by atoms with E-state index in [1.54, 1.807) is 0 Å². The van der Waals surface area contributed by atoms with E-state index in [2.05, 4.69) is 4.90 Å². The van der Waals surface area contributed by atoms with Crippen LogP contribution in [0.2, 0.25) is 0 Å². The van der Waals surface area contributed by atoms with Crippen LogP contribution in [0.5, 0.6) is 0 Å². The third kappa shape index (κ3) is 6.17. The maximum absolute atomic E-state index is 13.4. The second-order valence-electron chi connectivity index (χ2n) is 9.73. The van der Waals surface area contributed by atoms with Gasteiger partial charge >= 0.3 is 6.18 Å². The number of nitriles is 2. The number of sulfonamides is 1. The lowest BCUT2D eigenvalue weighted by Gasteiger charge is -2.34. The summed E-state index contributed by atoms with van der Waals surface area (Å²) in [7, 11) is -3.67. The molecule has 0 saturated carbocycles. The van der Waals surface area contributed by atoms with Gasteiger partial charge in [-0.25, -0.2) is 13.3 Å². The number of imide groups is 1. The number of piperazine rings is 1. The van der Waals surface area contributed by atoms with Crippen LogP contribution in [0.1, 0.15) is 42.9 Å². The Balaban J connectivity index is 1.30. The maximum atomic E-state index is 13.4. The molecule has 2 aliphatic heterocycles. The van der Waals surface area contributed by atoms with E-state index >= 15 is 0 Å². The summed E-state index contributed by atoms with van der Waals surface area (Å²) in [6.07, 6.45) is -3.35. The number of carbonyl (C=O) groups is 2. The number of benzene rings is 2. The van der Waals surface area contributed by atoms with Gasteiger partial charge in [-0.15, -0.1) is 0 Å². The molecule has 2 aromatic rings. The largest absolute Gasteiger partial charge is 0.417 e. The Kier molecular flexibility index (Phi) is 8.63. The van der Waals surface area contributed by atoms with Crippen LogP contribution in [0, 0.1) is 22.7 Å². The van der Waals surface area contributed by atoms with E-state index in [1.807, 2.05) is 6.07 Å². The van der Waals surface area contributed by atoms with Gasteiger partial charge in [-0.3, -0.25) is 9.59 Å². The number of rotatable bonds is 8. The molecule has 2 aliphatic rings. The summed E-state index contributed by atoms with van der Waals surface area (Å²) in [4.78, 5) is 28.8. The van der Waals surface area contributed by atoms with Crippen molar-refractivity contribution < 1.29 is 31.2 Å². The van der Waals surface area contributed by atoms with Crippen LogP contribution in [0.3, 0.4) is 0 Å². The molecule has 1 fully saturated rings. The first-order valence-electron chi connectivity index (χ1n) is 12.8. The highest BCUT2D eigenvalue weighted by molar-refractivity contribution is 7.89. The fourth-order valence-electron chi connectivity index (χ4n) is 4.90. The van der Waals surface area contributed by atoms with Gasteiger partial charge in [-0.2, -0.15) is 28.0 Å². The molecular weight excluding hydrogens is 559 g/mol. The van der Waals surface area contributed by atoms with Crippen molar-refractivity contribution in [2.45, 2.75) is 37.3 Å². The number of halogens is 3. The lowest BCUT2D eigenvalue weighted by atomic mass is 10.0. The molecular formula is C28H26F3N5O4S. The second kappa shape index (κ2) is 11.8. The van der Waals surface area contributed by atoms with Gasteiger partial charge in [0.25, 0.3) is 11.8 Å². The summed E-state index contributed by atoms with van der Waals surface area (Å²) in [5, 5.41) is 17.9. The number of alkyl halides is 3. The van der Waals surface area contributed by atoms with Gasteiger partial charge in [-0.05, 0) is 75.2 Å². The summed E-state index contributed by atoms with van der Waals surface area (Å²) in [6, 6.07) is 11.9. The van der Waals surface area contributed by atoms with E-state index in [9.17, 15) is 31.2 Å². The van der Waals surface area contributed by atoms with Gasteiger partial charge in [0.15, 0.2) is 0 Å². The van der Waals surface area contributed by atoms with Crippen molar-refractivity contribution in [3.05, 3.63) is 70.3 Å². The lowest BCUT2D eigenvalue weighted by molar-refractivity contribution is -0.138. The van der Waals surface area contributed by atoms with E-state index in [-0.39, 0.29) is 28.1 Å². The molecule has 214 valence electrons. The third-order valence-electron chi connectivity index (χ3n) is 7.23. The summed E-state index contributed by atoms with van der Waals surface area (Å²) in [5.74, 6) is -1.37. The van der Waals surface area contributed by atoms with Crippen molar-refractivity contribution in [1.82, 2.24) is 9.21 Å². The van der Waals surface area contributed by atoms with Crippen molar-refractivity contribution in [1.29, 1.82) is 10.5 Å². The SMILES string of the molecule is CC1=C(CCCCN2CCN(S(=O)(=O)c3ccc(C#N)cc3)CC2)C(=O)N(c2ccc(C#N)c(C(F)(F)F)c2)C1=O. The minimum absolute atomic E-state index is 0.133. The smallest absolute Gasteiger partial charge is 0.301 e. The molecule has 2 aromatic carbocycles. The van der Waals surface area contributed by atoms with Crippen LogP contribution in [0.15, 0.2) is 58.5 Å². The molecule has 0 atom stereocenters. The number of amides is 2. The summed E-state index contributed by atoms with van der Waals surface area (Å²) in [5.41, 5.74) is -1.26. The highest BCUT2D eigenvalue weighted by Gasteiger charge is 2.39. The van der Waals surface area contributed by atoms with Crippen LogP contribution in [-0.4, -0.2) is 62.2 Å². The molecule has 0 bridgehead atoms. The van der Waals surface area contributed by atoms with Gasteiger partial charge in [0.1, 0.15) is 0 Å². The number of nitrogens with zero attached hydrogens (tertiary/aromatic N) is 5. The van der Waals surface area contributed by atoms with Gasteiger partial charge < -0.3 is 4.90 Å². The average molecular weight is 586 g/mol. The molecule has 0 aliphatic carbocycles. The van der Waals surface area contributed by atoms with Crippen LogP contribution in [-0.2, 0) is 25.8 Å². The minimum atomic E-state index is -4.82. The number of hydrogen-bond donors (Lipinski definition) is 0. The standard InChI is InChI=1S/C28H26F3N5O4S/c1-19-24(27(38)36(26(19)37)22-8-7-21(18-33)25(16-22)28(29,30)31)4-2-3-11-34-12-14-35(15-13-34)41(39,40)23-9-5-20(17-32)6-10-23/h5-10,16H,2-4,11-15H2,1H3. The molecule has 0 N–H and O–H groups in total. The highest BCUT2D eigenvalue weighted by atomic mass is 32.2. The zero-order valence-electron chi connectivity index (χ0n) is 22.1. The number of carbonyl (C=O) groups excluding carboxylic acids is 2. The molecule has 9 nitrogen and oxygen atoms in total. The van der Waals surface area contributed by atoms with E-state index in [1.165, 1.54) is 41.6 Å². The van der Waals surface area contributed by atoms with Crippen LogP contribution in [0.25, 0.3) is 0 Å². The molecule has 1 saturated heterocycles. The Hall–Kier alpha value is -4.04. The monoisotopic (exact) mass is 585 g/mol. The molecule has 0 unspecified atom stereocenters. The molecule has 41 heavy (non-hydrogen) atoms. The molecule has 2 heterocycles. The van der Waals surface area contributed by atoms with Crippen molar-refractivity contribution in [3.8, 4) is 12.1 Å². The number of unbranched alkanes of at least 4 members (excludes halogenated alkanes) is 1. The second-order valence-corrected chi connectivity index (χ2v) is 11.7. The van der Waals surface area contributed by atoms with Gasteiger partial charge in [0.2, 0.25) is 10.0 Å². The first-order chi connectivity index (χ1) is 19.4. The summed E-state index contributed by atoms with van der Waals surface area (Å²) >= 11 is 0. The quantitative estimate of drug-likeness (QED) is 0.341. The first kappa shape index (κ1) is 29.9. The summed E-state index contributed by atoms with van der Waals surface area (Å²) < 4.78 is 67.4. The number of hydrogen-bond acceptors (Lipinski definition) is 7. The Morgan fingerprint density at radius 2 is 1.56 bits per heavy atom. The van der Waals surface area contributed by atoms with Crippen LogP contribution < -0.4 is 4.90 Å². The predicted molar refractivity (Wildman–Crippen MR) is 142 cm³/mol. The molecule has 4 rings (SSSR count). The molecule has 13 heteroatoms. The fourth-order valence-corrected chi connectivity index (χ4v) is 6.32. The first-order valence-corrected chi connectivity index (χ1v) is 14.2.